The number of carbonyl (C=O) groups excluding carboxylic acids is 1. The Bertz CT molecular complexity index is 940. The quantitative estimate of drug-likeness (QED) is 0.637. The maximum absolute atomic E-state index is 13.0. The third-order valence-electron chi connectivity index (χ3n) is 5.19. The third-order valence-corrected chi connectivity index (χ3v) is 6.08. The lowest BCUT2D eigenvalue weighted by molar-refractivity contribution is 0.0756. The van der Waals surface area contributed by atoms with Crippen molar-refractivity contribution in [3.63, 3.8) is 0 Å². The first-order chi connectivity index (χ1) is 14.2. The van der Waals surface area contributed by atoms with Gasteiger partial charge in [-0.15, -0.1) is 11.3 Å². The van der Waals surface area contributed by atoms with Crippen molar-refractivity contribution in [2.75, 3.05) is 33.3 Å². The Morgan fingerprint density at radius 3 is 2.59 bits per heavy atom. The van der Waals surface area contributed by atoms with Gasteiger partial charge in [-0.25, -0.2) is 4.98 Å². The van der Waals surface area contributed by atoms with Crippen LogP contribution < -0.4 is 4.74 Å². The minimum absolute atomic E-state index is 0.0302. The molecule has 1 amide bonds. The molecule has 150 valence electrons. The van der Waals surface area contributed by atoms with Crippen LogP contribution in [0.5, 0.6) is 5.75 Å². The second-order valence-electron chi connectivity index (χ2n) is 7.17. The Hall–Kier alpha value is -2.70. The smallest absolute Gasteiger partial charge is 0.273 e. The van der Waals surface area contributed by atoms with Gasteiger partial charge in [0.1, 0.15) is 16.5 Å². The molecule has 0 atom stereocenters. The molecule has 2 heterocycles. The van der Waals surface area contributed by atoms with Crippen LogP contribution in [0.15, 0.2) is 60.0 Å². The van der Waals surface area contributed by atoms with Gasteiger partial charge in [-0.1, -0.05) is 30.3 Å². The summed E-state index contributed by atoms with van der Waals surface area (Å²) in [4.78, 5) is 22.0. The Labute approximate surface area is 175 Å². The molecule has 1 aromatic heterocycles. The van der Waals surface area contributed by atoms with Crippen molar-refractivity contribution >= 4 is 17.2 Å². The van der Waals surface area contributed by atoms with Crippen LogP contribution in [0.3, 0.4) is 0 Å². The lowest BCUT2D eigenvalue weighted by Crippen LogP contribution is -2.35. The van der Waals surface area contributed by atoms with E-state index in [1.165, 1.54) is 16.9 Å². The van der Waals surface area contributed by atoms with Gasteiger partial charge in [0.05, 0.1) is 7.11 Å². The van der Waals surface area contributed by atoms with Crippen molar-refractivity contribution in [3.8, 4) is 16.3 Å². The maximum Gasteiger partial charge on any atom is 0.273 e. The summed E-state index contributed by atoms with van der Waals surface area (Å²) in [6.07, 6.45) is 0.980. The summed E-state index contributed by atoms with van der Waals surface area (Å²) in [5.41, 5.74) is 2.85. The van der Waals surface area contributed by atoms with Crippen LogP contribution in [0.25, 0.3) is 10.6 Å². The summed E-state index contributed by atoms with van der Waals surface area (Å²) in [7, 11) is 1.65. The molecular weight excluding hydrogens is 382 g/mol. The van der Waals surface area contributed by atoms with Gasteiger partial charge in [0.2, 0.25) is 0 Å². The number of rotatable bonds is 5. The minimum atomic E-state index is 0.0302. The number of ether oxygens (including phenoxy) is 1. The summed E-state index contributed by atoms with van der Waals surface area (Å²) >= 11 is 1.51. The molecule has 0 radical (unpaired) electrons. The molecule has 0 saturated carbocycles. The van der Waals surface area contributed by atoms with E-state index in [0.29, 0.717) is 5.69 Å². The number of amides is 1. The minimum Gasteiger partial charge on any atom is -0.497 e. The molecule has 1 aliphatic heterocycles. The van der Waals surface area contributed by atoms with E-state index in [-0.39, 0.29) is 5.91 Å². The van der Waals surface area contributed by atoms with E-state index < -0.39 is 0 Å². The van der Waals surface area contributed by atoms with Crippen LogP contribution in [0.1, 0.15) is 22.5 Å². The van der Waals surface area contributed by atoms with Crippen molar-refractivity contribution in [1.82, 2.24) is 14.8 Å². The van der Waals surface area contributed by atoms with Crippen LogP contribution in [-0.4, -0.2) is 54.0 Å². The Morgan fingerprint density at radius 1 is 1.03 bits per heavy atom. The number of carbonyl (C=O) groups is 1. The van der Waals surface area contributed by atoms with Crippen molar-refractivity contribution in [2.24, 2.45) is 0 Å². The highest BCUT2D eigenvalue weighted by atomic mass is 32.1. The van der Waals surface area contributed by atoms with Crippen molar-refractivity contribution in [2.45, 2.75) is 13.0 Å². The second kappa shape index (κ2) is 9.20. The van der Waals surface area contributed by atoms with Crippen LogP contribution in [0, 0.1) is 0 Å². The molecule has 29 heavy (non-hydrogen) atoms. The molecule has 0 spiro atoms. The van der Waals surface area contributed by atoms with Crippen LogP contribution in [-0.2, 0) is 6.54 Å². The first-order valence-electron chi connectivity index (χ1n) is 9.88. The average molecular weight is 408 g/mol. The molecule has 5 nitrogen and oxygen atoms in total. The predicted molar refractivity (Wildman–Crippen MR) is 116 cm³/mol. The van der Waals surface area contributed by atoms with E-state index in [0.717, 1.165) is 55.5 Å². The van der Waals surface area contributed by atoms with E-state index in [4.69, 9.17) is 4.74 Å². The molecule has 3 aromatic rings. The fourth-order valence-corrected chi connectivity index (χ4v) is 4.37. The summed E-state index contributed by atoms with van der Waals surface area (Å²) in [6.45, 7) is 4.34. The molecular formula is C23H25N3O2S. The first-order valence-corrected chi connectivity index (χ1v) is 10.8. The molecule has 1 aliphatic rings. The fourth-order valence-electron chi connectivity index (χ4n) is 3.57. The molecule has 6 heteroatoms. The maximum atomic E-state index is 13.0. The van der Waals surface area contributed by atoms with Gasteiger partial charge in [0, 0.05) is 43.7 Å². The number of benzene rings is 2. The summed E-state index contributed by atoms with van der Waals surface area (Å²) in [5.74, 6) is 0.841. The molecule has 0 aliphatic carbocycles. The standard InChI is InChI=1S/C23H25N3O2S/c1-28-20-10-8-19(9-11-20)22-24-21(17-29-22)23(27)26-13-5-12-25(14-15-26)16-18-6-3-2-4-7-18/h2-4,6-11,17H,5,12-16H2,1H3. The molecule has 1 fully saturated rings. The third kappa shape index (κ3) is 4.83. The van der Waals surface area contributed by atoms with Gasteiger partial charge in [0.25, 0.3) is 5.91 Å². The van der Waals surface area contributed by atoms with Gasteiger partial charge in [-0.05, 0) is 36.2 Å². The van der Waals surface area contributed by atoms with Crippen molar-refractivity contribution < 1.29 is 9.53 Å². The number of nitrogens with zero attached hydrogens (tertiary/aromatic N) is 3. The van der Waals surface area contributed by atoms with Crippen LogP contribution >= 0.6 is 11.3 Å². The fraction of sp³-hybridized carbons (Fsp3) is 0.304. The lowest BCUT2D eigenvalue weighted by Gasteiger charge is -2.21. The average Bonchev–Trinajstić information content (AvgIpc) is 3.15. The van der Waals surface area contributed by atoms with Gasteiger partial charge < -0.3 is 9.64 Å². The lowest BCUT2D eigenvalue weighted by atomic mass is 10.2. The van der Waals surface area contributed by atoms with Crippen LogP contribution in [0.2, 0.25) is 0 Å². The van der Waals surface area contributed by atoms with Gasteiger partial charge in [0.15, 0.2) is 0 Å². The number of methoxy groups -OCH3 is 1. The van der Waals surface area contributed by atoms with E-state index in [9.17, 15) is 4.79 Å². The highest BCUT2D eigenvalue weighted by molar-refractivity contribution is 7.13. The zero-order valence-corrected chi connectivity index (χ0v) is 17.4. The van der Waals surface area contributed by atoms with E-state index in [1.807, 2.05) is 40.6 Å². The Morgan fingerprint density at radius 2 is 1.83 bits per heavy atom. The SMILES string of the molecule is COc1ccc(-c2nc(C(=O)N3CCCN(Cc4ccccc4)CC3)cs2)cc1. The summed E-state index contributed by atoms with van der Waals surface area (Å²) in [5, 5.41) is 2.73. The topological polar surface area (TPSA) is 45.7 Å². The number of thiazole rings is 1. The normalized spacial score (nSPS) is 15.1. The largest absolute Gasteiger partial charge is 0.497 e. The molecule has 0 unspecified atom stereocenters. The second-order valence-corrected chi connectivity index (χ2v) is 8.03. The van der Waals surface area contributed by atoms with E-state index in [2.05, 4.69) is 34.1 Å². The molecule has 0 N–H and O–H groups in total. The van der Waals surface area contributed by atoms with E-state index >= 15 is 0 Å². The van der Waals surface area contributed by atoms with Crippen LogP contribution in [0.4, 0.5) is 0 Å². The van der Waals surface area contributed by atoms with Gasteiger partial charge in [-0.2, -0.15) is 0 Å². The summed E-state index contributed by atoms with van der Waals surface area (Å²) in [6, 6.07) is 18.3. The monoisotopic (exact) mass is 407 g/mol. The zero-order chi connectivity index (χ0) is 20.1. The van der Waals surface area contributed by atoms with Gasteiger partial charge in [-0.3, -0.25) is 9.69 Å². The Balaban J connectivity index is 1.38. The molecule has 4 rings (SSSR count). The Kier molecular flexibility index (Phi) is 6.22. The zero-order valence-electron chi connectivity index (χ0n) is 16.6. The van der Waals surface area contributed by atoms with E-state index in [1.54, 1.807) is 7.11 Å². The first kappa shape index (κ1) is 19.6. The highest BCUT2D eigenvalue weighted by Crippen LogP contribution is 2.26. The van der Waals surface area contributed by atoms with Gasteiger partial charge >= 0.3 is 0 Å². The molecule has 1 saturated heterocycles. The number of hydrogen-bond donors (Lipinski definition) is 0. The molecule has 2 aromatic carbocycles. The van der Waals surface area contributed by atoms with Crippen molar-refractivity contribution in [1.29, 1.82) is 0 Å². The molecule has 0 bridgehead atoms. The summed E-state index contributed by atoms with van der Waals surface area (Å²) < 4.78 is 5.20. The predicted octanol–water partition coefficient (Wildman–Crippen LogP) is 4.17. The highest BCUT2D eigenvalue weighted by Gasteiger charge is 2.22. The number of hydrogen-bond acceptors (Lipinski definition) is 5. The number of aromatic nitrogens is 1. The van der Waals surface area contributed by atoms with Crippen molar-refractivity contribution in [3.05, 3.63) is 71.2 Å².